The molecule has 0 heterocycles. The van der Waals surface area contributed by atoms with Crippen LogP contribution in [-0.2, 0) is 9.59 Å². The standard InChI is InChI=1S/C16H20BrNO3/c1-11-4-5-12(8-13(11)17)18-14(19)9-16(10-15(20)21)6-2-3-7-16/h4-5,8H,2-3,6-7,9-10H2,1H3,(H,18,19)(H,20,21). The summed E-state index contributed by atoms with van der Waals surface area (Å²) in [5.41, 5.74) is 1.48. The highest BCUT2D eigenvalue weighted by Crippen LogP contribution is 2.44. The summed E-state index contributed by atoms with van der Waals surface area (Å²) in [6, 6.07) is 5.66. The molecule has 0 saturated heterocycles. The van der Waals surface area contributed by atoms with Crippen LogP contribution in [0.4, 0.5) is 5.69 Å². The van der Waals surface area contributed by atoms with Crippen molar-refractivity contribution >= 4 is 33.5 Å². The maximum atomic E-state index is 12.2. The third kappa shape index (κ3) is 4.30. The predicted octanol–water partition coefficient (Wildman–Crippen LogP) is 4.12. The van der Waals surface area contributed by atoms with Crippen molar-refractivity contribution in [1.29, 1.82) is 0 Å². The van der Waals surface area contributed by atoms with Crippen LogP contribution in [0.1, 0.15) is 44.1 Å². The molecule has 0 atom stereocenters. The first-order chi connectivity index (χ1) is 9.90. The fourth-order valence-electron chi connectivity index (χ4n) is 3.08. The summed E-state index contributed by atoms with van der Waals surface area (Å²) >= 11 is 3.44. The molecule has 1 aliphatic rings. The lowest BCUT2D eigenvalue weighted by atomic mass is 9.79. The van der Waals surface area contributed by atoms with Gasteiger partial charge in [-0.2, -0.15) is 0 Å². The van der Waals surface area contributed by atoms with Gasteiger partial charge in [-0.3, -0.25) is 9.59 Å². The van der Waals surface area contributed by atoms with Crippen LogP contribution in [0.2, 0.25) is 0 Å². The SMILES string of the molecule is Cc1ccc(NC(=O)CC2(CC(=O)O)CCCC2)cc1Br. The Kier molecular flexibility index (Phi) is 5.04. The number of carbonyl (C=O) groups excluding carboxylic acids is 1. The van der Waals surface area contributed by atoms with E-state index in [9.17, 15) is 9.59 Å². The minimum Gasteiger partial charge on any atom is -0.481 e. The number of nitrogens with one attached hydrogen (secondary N) is 1. The van der Waals surface area contributed by atoms with Gasteiger partial charge in [-0.25, -0.2) is 0 Å². The number of benzene rings is 1. The zero-order valence-electron chi connectivity index (χ0n) is 12.1. The van der Waals surface area contributed by atoms with E-state index in [1.165, 1.54) is 0 Å². The van der Waals surface area contributed by atoms with Gasteiger partial charge < -0.3 is 10.4 Å². The van der Waals surface area contributed by atoms with E-state index in [-0.39, 0.29) is 24.2 Å². The largest absolute Gasteiger partial charge is 0.481 e. The molecule has 1 amide bonds. The highest BCUT2D eigenvalue weighted by Gasteiger charge is 2.37. The van der Waals surface area contributed by atoms with Crippen LogP contribution in [0.15, 0.2) is 22.7 Å². The molecule has 114 valence electrons. The maximum absolute atomic E-state index is 12.2. The third-order valence-electron chi connectivity index (χ3n) is 4.18. The molecule has 1 aromatic rings. The Labute approximate surface area is 133 Å². The van der Waals surface area contributed by atoms with Crippen molar-refractivity contribution in [2.24, 2.45) is 5.41 Å². The molecular weight excluding hydrogens is 334 g/mol. The number of halogens is 1. The topological polar surface area (TPSA) is 66.4 Å². The van der Waals surface area contributed by atoms with Crippen LogP contribution in [0.5, 0.6) is 0 Å². The fraction of sp³-hybridized carbons (Fsp3) is 0.500. The molecule has 2 N–H and O–H groups in total. The van der Waals surface area contributed by atoms with Gasteiger partial charge in [-0.15, -0.1) is 0 Å². The van der Waals surface area contributed by atoms with Crippen LogP contribution in [0.25, 0.3) is 0 Å². The van der Waals surface area contributed by atoms with Crippen LogP contribution < -0.4 is 5.32 Å². The second-order valence-corrected chi connectivity index (χ2v) is 6.82. The van der Waals surface area contributed by atoms with Crippen molar-refractivity contribution in [2.75, 3.05) is 5.32 Å². The van der Waals surface area contributed by atoms with Gasteiger partial charge in [-0.05, 0) is 42.9 Å². The molecule has 21 heavy (non-hydrogen) atoms. The average molecular weight is 354 g/mol. The molecule has 2 rings (SSSR count). The number of amides is 1. The third-order valence-corrected chi connectivity index (χ3v) is 5.04. The monoisotopic (exact) mass is 353 g/mol. The van der Waals surface area contributed by atoms with Gasteiger partial charge >= 0.3 is 5.97 Å². The van der Waals surface area contributed by atoms with E-state index in [1.807, 2.05) is 25.1 Å². The number of aryl methyl sites for hydroxylation is 1. The van der Waals surface area contributed by atoms with Crippen LogP contribution in [-0.4, -0.2) is 17.0 Å². The molecule has 0 aromatic heterocycles. The number of anilines is 1. The molecule has 0 radical (unpaired) electrons. The van der Waals surface area contributed by atoms with Gasteiger partial charge in [0.05, 0.1) is 6.42 Å². The number of carboxylic acids is 1. The van der Waals surface area contributed by atoms with Crippen LogP contribution >= 0.6 is 15.9 Å². The van der Waals surface area contributed by atoms with Crippen molar-refractivity contribution in [2.45, 2.75) is 45.4 Å². The van der Waals surface area contributed by atoms with Gasteiger partial charge in [0.25, 0.3) is 0 Å². The lowest BCUT2D eigenvalue weighted by molar-refractivity contribution is -0.140. The number of rotatable bonds is 5. The van der Waals surface area contributed by atoms with Gasteiger partial charge in [-0.1, -0.05) is 34.8 Å². The first-order valence-electron chi connectivity index (χ1n) is 7.18. The summed E-state index contributed by atoms with van der Waals surface area (Å²) in [5.74, 6) is -0.920. The molecular formula is C16H20BrNO3. The average Bonchev–Trinajstić information content (AvgIpc) is 2.80. The molecule has 1 aliphatic carbocycles. The summed E-state index contributed by atoms with van der Waals surface area (Å²) < 4.78 is 0.946. The van der Waals surface area contributed by atoms with E-state index in [0.717, 1.165) is 41.4 Å². The Morgan fingerprint density at radius 1 is 1.29 bits per heavy atom. The Morgan fingerprint density at radius 3 is 2.52 bits per heavy atom. The van der Waals surface area contributed by atoms with E-state index < -0.39 is 5.97 Å². The van der Waals surface area contributed by atoms with E-state index in [2.05, 4.69) is 21.2 Å². The van der Waals surface area contributed by atoms with Crippen LogP contribution in [0.3, 0.4) is 0 Å². The number of hydrogen-bond acceptors (Lipinski definition) is 2. The summed E-state index contributed by atoms with van der Waals surface area (Å²) in [6.07, 6.45) is 4.03. The molecule has 5 heteroatoms. The molecule has 0 unspecified atom stereocenters. The van der Waals surface area contributed by atoms with Gasteiger partial charge in [0, 0.05) is 16.6 Å². The van der Waals surface area contributed by atoms with E-state index in [0.29, 0.717) is 0 Å². The molecule has 0 aliphatic heterocycles. The van der Waals surface area contributed by atoms with Crippen molar-refractivity contribution in [1.82, 2.24) is 0 Å². The molecule has 1 fully saturated rings. The Hall–Kier alpha value is -1.36. The van der Waals surface area contributed by atoms with E-state index in [4.69, 9.17) is 5.11 Å². The van der Waals surface area contributed by atoms with Crippen molar-refractivity contribution in [3.05, 3.63) is 28.2 Å². The summed E-state index contributed by atoms with van der Waals surface area (Å²) in [5, 5.41) is 11.9. The Balaban J connectivity index is 2.02. The smallest absolute Gasteiger partial charge is 0.303 e. The molecule has 0 spiro atoms. The number of hydrogen-bond donors (Lipinski definition) is 2. The fourth-order valence-corrected chi connectivity index (χ4v) is 3.46. The van der Waals surface area contributed by atoms with E-state index in [1.54, 1.807) is 0 Å². The quantitative estimate of drug-likeness (QED) is 0.836. The van der Waals surface area contributed by atoms with Crippen LogP contribution in [0, 0.1) is 12.3 Å². The lowest BCUT2D eigenvalue weighted by Gasteiger charge is -2.26. The first kappa shape index (κ1) is 16.0. The normalized spacial score (nSPS) is 16.7. The minimum absolute atomic E-state index is 0.0814. The molecule has 0 bridgehead atoms. The van der Waals surface area contributed by atoms with E-state index >= 15 is 0 Å². The number of carbonyl (C=O) groups is 2. The first-order valence-corrected chi connectivity index (χ1v) is 7.97. The summed E-state index contributed by atoms with van der Waals surface area (Å²) in [6.45, 7) is 1.98. The summed E-state index contributed by atoms with van der Waals surface area (Å²) in [4.78, 5) is 23.3. The highest BCUT2D eigenvalue weighted by molar-refractivity contribution is 9.10. The van der Waals surface area contributed by atoms with Crippen molar-refractivity contribution < 1.29 is 14.7 Å². The van der Waals surface area contributed by atoms with Gasteiger partial charge in [0.15, 0.2) is 0 Å². The second-order valence-electron chi connectivity index (χ2n) is 5.97. The molecule has 1 saturated carbocycles. The predicted molar refractivity (Wildman–Crippen MR) is 85.3 cm³/mol. The number of carboxylic acid groups (broad SMARTS) is 1. The second kappa shape index (κ2) is 6.60. The van der Waals surface area contributed by atoms with Crippen molar-refractivity contribution in [3.63, 3.8) is 0 Å². The van der Waals surface area contributed by atoms with Gasteiger partial charge in [0.2, 0.25) is 5.91 Å². The Bertz CT molecular complexity index is 550. The lowest BCUT2D eigenvalue weighted by Crippen LogP contribution is -2.27. The zero-order chi connectivity index (χ0) is 15.5. The molecule has 1 aromatic carbocycles. The minimum atomic E-state index is -0.817. The van der Waals surface area contributed by atoms with Gasteiger partial charge in [0.1, 0.15) is 0 Å². The zero-order valence-corrected chi connectivity index (χ0v) is 13.7. The Morgan fingerprint density at radius 2 is 1.95 bits per heavy atom. The summed E-state index contributed by atoms with van der Waals surface area (Å²) in [7, 11) is 0. The number of aliphatic carboxylic acids is 1. The van der Waals surface area contributed by atoms with Crippen molar-refractivity contribution in [3.8, 4) is 0 Å². The highest BCUT2D eigenvalue weighted by atomic mass is 79.9. The molecule has 4 nitrogen and oxygen atoms in total. The maximum Gasteiger partial charge on any atom is 0.303 e.